The molecule has 6 N–H and O–H groups in total. The summed E-state index contributed by atoms with van der Waals surface area (Å²) in [5.74, 6) is -2.00. The van der Waals surface area contributed by atoms with E-state index in [0.717, 1.165) is 16.7 Å². The van der Waals surface area contributed by atoms with Crippen molar-refractivity contribution in [1.82, 2.24) is 21.3 Å². The minimum atomic E-state index is -1.08. The standard InChI is InChI=1S/C34H41N5O7/c1-34(2,3)46-33(44)37-20-29(40)36-21-30(41)38-28(19-23-10-6-4-7-11-23)32(43)39-27(31(35)42)18-24-14-16-26(17-15-24)45-22-25-12-8-5-9-13-25/h4-17,27-28H,18-22H2,1-3H3,(H2,35,42)(H,36,40)(H,37,44)(H,38,41)(H,39,43)/t27-,28+/m0/s1. The minimum absolute atomic E-state index is 0.117. The highest BCUT2D eigenvalue weighted by molar-refractivity contribution is 5.93. The molecule has 0 aliphatic carbocycles. The third kappa shape index (κ3) is 13.1. The second-order valence-electron chi connectivity index (χ2n) is 11.5. The zero-order valence-electron chi connectivity index (χ0n) is 26.2. The van der Waals surface area contributed by atoms with Crippen molar-refractivity contribution in [2.75, 3.05) is 13.1 Å². The number of rotatable bonds is 15. The maximum Gasteiger partial charge on any atom is 0.408 e. The van der Waals surface area contributed by atoms with Gasteiger partial charge in [0, 0.05) is 12.8 Å². The summed E-state index contributed by atoms with van der Waals surface area (Å²) in [6.45, 7) is 4.60. The van der Waals surface area contributed by atoms with Crippen molar-refractivity contribution in [1.29, 1.82) is 0 Å². The molecule has 0 fully saturated rings. The van der Waals surface area contributed by atoms with Crippen LogP contribution in [0.3, 0.4) is 0 Å². The fourth-order valence-electron chi connectivity index (χ4n) is 4.21. The molecular formula is C34H41N5O7. The Kier molecular flexibility index (Phi) is 13.1. The summed E-state index contributed by atoms with van der Waals surface area (Å²) in [5.41, 5.74) is 7.43. The van der Waals surface area contributed by atoms with Crippen LogP contribution < -0.4 is 31.7 Å². The lowest BCUT2D eigenvalue weighted by Crippen LogP contribution is -2.55. The molecule has 244 valence electrons. The van der Waals surface area contributed by atoms with Crippen LogP contribution in [0.1, 0.15) is 37.5 Å². The van der Waals surface area contributed by atoms with Gasteiger partial charge in [-0.1, -0.05) is 72.8 Å². The van der Waals surface area contributed by atoms with E-state index in [-0.39, 0.29) is 12.8 Å². The first-order valence-corrected chi connectivity index (χ1v) is 14.8. The molecule has 46 heavy (non-hydrogen) atoms. The molecule has 12 nitrogen and oxygen atoms in total. The van der Waals surface area contributed by atoms with E-state index in [9.17, 15) is 24.0 Å². The lowest BCUT2D eigenvalue weighted by molar-refractivity contribution is -0.131. The molecule has 3 aromatic rings. The summed E-state index contributed by atoms with van der Waals surface area (Å²) in [5, 5.41) is 9.96. The Bertz CT molecular complexity index is 1460. The van der Waals surface area contributed by atoms with E-state index in [1.807, 2.05) is 36.4 Å². The molecule has 0 radical (unpaired) electrons. The molecule has 0 saturated carbocycles. The number of benzene rings is 3. The number of carbonyl (C=O) groups excluding carboxylic acids is 5. The van der Waals surface area contributed by atoms with Crippen molar-refractivity contribution >= 4 is 29.7 Å². The summed E-state index contributed by atoms with van der Waals surface area (Å²) >= 11 is 0. The van der Waals surface area contributed by atoms with E-state index in [4.69, 9.17) is 15.2 Å². The number of alkyl carbamates (subject to hydrolysis) is 1. The topological polar surface area (TPSA) is 178 Å². The predicted octanol–water partition coefficient (Wildman–Crippen LogP) is 2.15. The molecule has 12 heteroatoms. The van der Waals surface area contributed by atoms with Crippen molar-refractivity contribution in [3.63, 3.8) is 0 Å². The first-order chi connectivity index (χ1) is 21.9. The van der Waals surface area contributed by atoms with Crippen molar-refractivity contribution in [2.24, 2.45) is 5.73 Å². The van der Waals surface area contributed by atoms with Crippen LogP contribution in [0.4, 0.5) is 4.79 Å². The highest BCUT2D eigenvalue weighted by atomic mass is 16.6. The number of hydrogen-bond acceptors (Lipinski definition) is 7. The maximum atomic E-state index is 13.4. The first-order valence-electron chi connectivity index (χ1n) is 14.8. The number of nitrogens with one attached hydrogen (secondary N) is 4. The molecule has 0 saturated heterocycles. The summed E-state index contributed by atoms with van der Waals surface area (Å²) in [4.78, 5) is 62.4. The van der Waals surface area contributed by atoms with Crippen LogP contribution in [0, 0.1) is 0 Å². The van der Waals surface area contributed by atoms with Crippen LogP contribution in [-0.4, -0.2) is 60.5 Å². The normalized spacial score (nSPS) is 12.2. The van der Waals surface area contributed by atoms with Crippen LogP contribution >= 0.6 is 0 Å². The number of carbonyl (C=O) groups is 5. The van der Waals surface area contributed by atoms with Crippen LogP contribution in [0.25, 0.3) is 0 Å². The lowest BCUT2D eigenvalue weighted by atomic mass is 10.0. The van der Waals surface area contributed by atoms with Gasteiger partial charge in [-0.15, -0.1) is 0 Å². The molecule has 0 aromatic heterocycles. The Morgan fingerprint density at radius 1 is 0.674 bits per heavy atom. The molecule has 3 aromatic carbocycles. The van der Waals surface area contributed by atoms with Crippen LogP contribution in [0.5, 0.6) is 5.75 Å². The Labute approximate surface area is 268 Å². The van der Waals surface area contributed by atoms with E-state index in [1.165, 1.54) is 0 Å². The zero-order chi connectivity index (χ0) is 33.5. The average molecular weight is 632 g/mol. The molecule has 3 rings (SSSR count). The number of amides is 5. The largest absolute Gasteiger partial charge is 0.489 e. The molecule has 2 atom stereocenters. The van der Waals surface area contributed by atoms with Gasteiger partial charge in [-0.25, -0.2) is 4.79 Å². The van der Waals surface area contributed by atoms with Crippen LogP contribution in [0.2, 0.25) is 0 Å². The van der Waals surface area contributed by atoms with Crippen molar-refractivity contribution in [3.8, 4) is 5.75 Å². The minimum Gasteiger partial charge on any atom is -0.489 e. The lowest BCUT2D eigenvalue weighted by Gasteiger charge is -2.22. The van der Waals surface area contributed by atoms with Crippen molar-refractivity contribution in [2.45, 2.75) is 57.9 Å². The summed E-state index contributed by atoms with van der Waals surface area (Å²) in [7, 11) is 0. The third-order valence-corrected chi connectivity index (χ3v) is 6.44. The SMILES string of the molecule is CC(C)(C)OC(=O)NCC(=O)NCC(=O)N[C@H](Cc1ccccc1)C(=O)N[C@@H](Cc1ccc(OCc2ccccc2)cc1)C(N)=O. The fraction of sp³-hybridized carbons (Fsp3) is 0.324. The maximum absolute atomic E-state index is 13.4. The molecule has 0 aliphatic rings. The van der Waals surface area contributed by atoms with E-state index in [1.54, 1.807) is 69.3 Å². The molecule has 5 amide bonds. The Hall–Kier alpha value is -5.39. The van der Waals surface area contributed by atoms with Gasteiger partial charge < -0.3 is 36.5 Å². The number of ether oxygens (including phenoxy) is 2. The molecule has 0 spiro atoms. The third-order valence-electron chi connectivity index (χ3n) is 6.44. The summed E-state index contributed by atoms with van der Waals surface area (Å²) < 4.78 is 10.9. The Morgan fingerprint density at radius 3 is 1.80 bits per heavy atom. The molecule has 0 aliphatic heterocycles. The van der Waals surface area contributed by atoms with Crippen molar-refractivity contribution in [3.05, 3.63) is 102 Å². The van der Waals surface area contributed by atoms with Gasteiger partial charge >= 0.3 is 6.09 Å². The molecule has 0 unspecified atom stereocenters. The van der Waals surface area contributed by atoms with Crippen molar-refractivity contribution < 1.29 is 33.4 Å². The summed E-state index contributed by atoms with van der Waals surface area (Å²) in [6, 6.07) is 23.7. The van der Waals surface area contributed by atoms with Crippen LogP contribution in [0.15, 0.2) is 84.9 Å². The monoisotopic (exact) mass is 631 g/mol. The second-order valence-corrected chi connectivity index (χ2v) is 11.5. The predicted molar refractivity (Wildman–Crippen MR) is 171 cm³/mol. The molecular weight excluding hydrogens is 590 g/mol. The Morgan fingerprint density at radius 2 is 1.22 bits per heavy atom. The number of hydrogen-bond donors (Lipinski definition) is 5. The number of nitrogens with two attached hydrogens (primary N) is 1. The Balaban J connectivity index is 1.58. The van der Waals surface area contributed by atoms with Gasteiger partial charge in [-0.05, 0) is 49.6 Å². The van der Waals surface area contributed by atoms with Gasteiger partial charge in [-0.2, -0.15) is 0 Å². The van der Waals surface area contributed by atoms with Gasteiger partial charge in [0.15, 0.2) is 0 Å². The van der Waals surface area contributed by atoms with Gasteiger partial charge in [0.1, 0.15) is 36.6 Å². The molecule has 0 bridgehead atoms. The van der Waals surface area contributed by atoms with Gasteiger partial charge in [-0.3, -0.25) is 19.2 Å². The highest BCUT2D eigenvalue weighted by Crippen LogP contribution is 2.16. The van der Waals surface area contributed by atoms with E-state index < -0.39 is 60.5 Å². The molecule has 0 heterocycles. The smallest absolute Gasteiger partial charge is 0.408 e. The number of primary amides is 1. The second kappa shape index (κ2) is 17.2. The zero-order valence-corrected chi connectivity index (χ0v) is 26.2. The summed E-state index contributed by atoms with van der Waals surface area (Å²) in [6.07, 6.45) is -0.541. The highest BCUT2D eigenvalue weighted by Gasteiger charge is 2.26. The van der Waals surface area contributed by atoms with Gasteiger partial charge in [0.2, 0.25) is 23.6 Å². The van der Waals surface area contributed by atoms with E-state index in [2.05, 4.69) is 21.3 Å². The van der Waals surface area contributed by atoms with Gasteiger partial charge in [0.05, 0.1) is 6.54 Å². The first kappa shape index (κ1) is 35.1. The van der Waals surface area contributed by atoms with Gasteiger partial charge in [0.25, 0.3) is 0 Å². The quantitative estimate of drug-likeness (QED) is 0.171. The van der Waals surface area contributed by atoms with E-state index >= 15 is 0 Å². The van der Waals surface area contributed by atoms with Crippen LogP contribution in [-0.2, 0) is 43.4 Å². The average Bonchev–Trinajstić information content (AvgIpc) is 3.02. The van der Waals surface area contributed by atoms with E-state index in [0.29, 0.717) is 12.4 Å². The fourth-order valence-corrected chi connectivity index (χ4v) is 4.21.